The lowest BCUT2D eigenvalue weighted by atomic mass is 10.2. The van der Waals surface area contributed by atoms with Crippen LogP contribution in [0.1, 0.15) is 15.9 Å². The fraction of sp³-hybridized carbons (Fsp3) is 0.150. The number of imide groups is 1. The fourth-order valence-electron chi connectivity index (χ4n) is 3.21. The minimum atomic E-state index is -0.397. The number of aromatic amines is 1. The summed E-state index contributed by atoms with van der Waals surface area (Å²) in [5.74, 6) is 0.516. The number of thioether (sulfide) groups is 1. The highest BCUT2D eigenvalue weighted by atomic mass is 32.2. The highest BCUT2D eigenvalue weighted by Gasteiger charge is 2.34. The summed E-state index contributed by atoms with van der Waals surface area (Å²) in [6.07, 6.45) is 1.64. The molecule has 2 aliphatic rings. The van der Waals surface area contributed by atoms with Gasteiger partial charge in [-0.3, -0.25) is 19.3 Å². The van der Waals surface area contributed by atoms with Crippen molar-refractivity contribution in [2.75, 3.05) is 19.9 Å². The molecule has 3 aromatic rings. The van der Waals surface area contributed by atoms with Crippen molar-refractivity contribution in [2.45, 2.75) is 0 Å². The number of ether oxygens (including phenoxy) is 2. The Labute approximate surface area is 179 Å². The first-order valence-electron chi connectivity index (χ1n) is 9.32. The highest BCUT2D eigenvalue weighted by molar-refractivity contribution is 8.18. The van der Waals surface area contributed by atoms with Crippen LogP contribution in [0.5, 0.6) is 11.5 Å². The molecule has 2 aliphatic heterocycles. The van der Waals surface area contributed by atoms with Gasteiger partial charge in [-0.25, -0.2) is 0 Å². The maximum Gasteiger partial charge on any atom is 0.293 e. The van der Waals surface area contributed by atoms with Crippen LogP contribution in [0.15, 0.2) is 41.3 Å². The number of carbonyl (C=O) groups excluding carboxylic acids is 3. The summed E-state index contributed by atoms with van der Waals surface area (Å²) < 4.78 is 10.6. The van der Waals surface area contributed by atoms with Crippen molar-refractivity contribution in [2.24, 2.45) is 0 Å². The Hall–Kier alpha value is -3.86. The number of rotatable bonds is 5. The Bertz CT molecular complexity index is 1250. The molecule has 156 valence electrons. The van der Waals surface area contributed by atoms with Gasteiger partial charge in [0.25, 0.3) is 17.1 Å². The van der Waals surface area contributed by atoms with Crippen LogP contribution in [0.25, 0.3) is 17.1 Å². The second-order valence-corrected chi connectivity index (χ2v) is 7.72. The van der Waals surface area contributed by atoms with Crippen LogP contribution in [0.4, 0.5) is 4.79 Å². The van der Waals surface area contributed by atoms with Crippen LogP contribution < -0.4 is 14.8 Å². The maximum atomic E-state index is 12.6. The quantitative estimate of drug-likeness (QED) is 0.582. The molecule has 3 amide bonds. The third-order valence-electron chi connectivity index (χ3n) is 4.77. The van der Waals surface area contributed by atoms with E-state index >= 15 is 0 Å². The molecule has 1 saturated heterocycles. The summed E-state index contributed by atoms with van der Waals surface area (Å²) >= 11 is 0.863. The number of hydrogen-bond acceptors (Lipinski definition) is 8. The van der Waals surface area contributed by atoms with Crippen LogP contribution in [-0.2, 0) is 4.79 Å². The van der Waals surface area contributed by atoms with Gasteiger partial charge in [0.2, 0.25) is 6.79 Å². The largest absolute Gasteiger partial charge is 0.454 e. The van der Waals surface area contributed by atoms with Crippen LogP contribution >= 0.6 is 11.8 Å². The summed E-state index contributed by atoms with van der Waals surface area (Å²) in [4.78, 5) is 38.7. The second-order valence-electron chi connectivity index (χ2n) is 6.73. The first-order chi connectivity index (χ1) is 15.1. The molecule has 2 N–H and O–H groups in total. The lowest BCUT2D eigenvalue weighted by molar-refractivity contribution is -0.122. The molecule has 31 heavy (non-hydrogen) atoms. The van der Waals surface area contributed by atoms with Crippen LogP contribution in [0.3, 0.4) is 0 Å². The topological polar surface area (TPSA) is 127 Å². The van der Waals surface area contributed by atoms with Gasteiger partial charge in [-0.15, -0.1) is 0 Å². The van der Waals surface area contributed by atoms with E-state index < -0.39 is 5.91 Å². The van der Waals surface area contributed by atoms with Gasteiger partial charge in [0.15, 0.2) is 11.5 Å². The van der Waals surface area contributed by atoms with E-state index in [9.17, 15) is 14.4 Å². The Morgan fingerprint density at radius 2 is 1.97 bits per heavy atom. The summed E-state index contributed by atoms with van der Waals surface area (Å²) in [5, 5.41) is 12.7. The average Bonchev–Trinajstić information content (AvgIpc) is 3.48. The first-order valence-corrected chi connectivity index (χ1v) is 10.1. The second kappa shape index (κ2) is 7.76. The normalized spacial score (nSPS) is 16.5. The molecule has 1 fully saturated rings. The Morgan fingerprint density at radius 3 is 2.87 bits per heavy atom. The molecule has 5 rings (SSSR count). The predicted molar refractivity (Wildman–Crippen MR) is 111 cm³/mol. The molecule has 2 aromatic carbocycles. The van der Waals surface area contributed by atoms with Crippen molar-refractivity contribution in [3.05, 3.63) is 52.4 Å². The van der Waals surface area contributed by atoms with E-state index in [2.05, 4.69) is 20.7 Å². The Balaban J connectivity index is 1.21. The monoisotopic (exact) mass is 437 g/mol. The minimum absolute atomic E-state index is 0.0705. The molecule has 1 aromatic heterocycles. The standard InChI is InChI=1S/C20H15N5O5S/c26-18(12-2-3-13-14(9-12)23-24-22-13)21-5-6-25-19(27)17(31-20(25)28)8-11-1-4-15-16(7-11)30-10-29-15/h1-4,7-9H,5-6,10H2,(H,21,26)(H,22,23,24). The number of amides is 3. The summed E-state index contributed by atoms with van der Waals surface area (Å²) in [7, 11) is 0. The van der Waals surface area contributed by atoms with Crippen molar-refractivity contribution < 1.29 is 23.9 Å². The van der Waals surface area contributed by atoms with Crippen LogP contribution in [0.2, 0.25) is 0 Å². The van der Waals surface area contributed by atoms with E-state index in [0.717, 1.165) is 22.2 Å². The van der Waals surface area contributed by atoms with Gasteiger partial charge < -0.3 is 14.8 Å². The summed E-state index contributed by atoms with van der Waals surface area (Å²) in [5.41, 5.74) is 2.38. The van der Waals surface area contributed by atoms with Crippen molar-refractivity contribution in [3.8, 4) is 11.5 Å². The fourth-order valence-corrected chi connectivity index (χ4v) is 4.08. The van der Waals surface area contributed by atoms with Gasteiger partial charge in [-0.1, -0.05) is 6.07 Å². The number of hydrogen-bond donors (Lipinski definition) is 2. The van der Waals surface area contributed by atoms with Gasteiger partial charge in [-0.2, -0.15) is 15.4 Å². The van der Waals surface area contributed by atoms with E-state index in [1.165, 1.54) is 0 Å². The molecule has 3 heterocycles. The van der Waals surface area contributed by atoms with E-state index in [1.807, 2.05) is 0 Å². The van der Waals surface area contributed by atoms with Crippen molar-refractivity contribution >= 4 is 45.9 Å². The Kier molecular flexibility index (Phi) is 4.79. The minimum Gasteiger partial charge on any atom is -0.454 e. The van der Waals surface area contributed by atoms with Crippen molar-refractivity contribution in [1.29, 1.82) is 0 Å². The van der Waals surface area contributed by atoms with Crippen molar-refractivity contribution in [1.82, 2.24) is 25.6 Å². The Morgan fingerprint density at radius 1 is 1.13 bits per heavy atom. The number of benzene rings is 2. The number of H-pyrrole nitrogens is 1. The van der Waals surface area contributed by atoms with Crippen molar-refractivity contribution in [3.63, 3.8) is 0 Å². The molecule has 0 bridgehead atoms. The SMILES string of the molecule is O=C(NCCN1C(=O)SC(=Cc2ccc3c(c2)OCO3)C1=O)c1ccc2n[nH]nc2c1. The summed E-state index contributed by atoms with van der Waals surface area (Å²) in [6.45, 7) is 0.361. The third-order valence-corrected chi connectivity index (χ3v) is 5.67. The van der Waals surface area contributed by atoms with Gasteiger partial charge >= 0.3 is 0 Å². The van der Waals surface area contributed by atoms with E-state index in [-0.39, 0.29) is 31.0 Å². The zero-order valence-corrected chi connectivity index (χ0v) is 16.8. The van der Waals surface area contributed by atoms with Crippen LogP contribution in [-0.4, -0.2) is 57.2 Å². The van der Waals surface area contributed by atoms with Gasteiger partial charge in [-0.05, 0) is 53.7 Å². The molecule has 10 nitrogen and oxygen atoms in total. The zero-order valence-electron chi connectivity index (χ0n) is 16.0. The number of fused-ring (bicyclic) bond motifs is 2. The molecule has 0 saturated carbocycles. The molecule has 0 unspecified atom stereocenters. The molecular weight excluding hydrogens is 422 g/mol. The number of nitrogens with one attached hydrogen (secondary N) is 2. The number of nitrogens with zero attached hydrogens (tertiary/aromatic N) is 3. The van der Waals surface area contributed by atoms with Crippen LogP contribution in [0, 0.1) is 0 Å². The molecule has 0 aliphatic carbocycles. The van der Waals surface area contributed by atoms with Gasteiger partial charge in [0.05, 0.1) is 4.91 Å². The molecule has 0 radical (unpaired) electrons. The molecular formula is C20H15N5O5S. The highest BCUT2D eigenvalue weighted by Crippen LogP contribution is 2.36. The predicted octanol–water partition coefficient (Wildman–Crippen LogP) is 2.15. The van der Waals surface area contributed by atoms with Gasteiger partial charge in [0, 0.05) is 18.7 Å². The van der Waals surface area contributed by atoms with E-state index in [1.54, 1.807) is 42.5 Å². The maximum absolute atomic E-state index is 12.6. The molecule has 0 atom stereocenters. The zero-order chi connectivity index (χ0) is 21.4. The average molecular weight is 437 g/mol. The smallest absolute Gasteiger partial charge is 0.293 e. The number of aromatic nitrogens is 3. The van der Waals surface area contributed by atoms with E-state index in [0.29, 0.717) is 33.0 Å². The van der Waals surface area contributed by atoms with Gasteiger partial charge in [0.1, 0.15) is 11.0 Å². The van der Waals surface area contributed by atoms with E-state index in [4.69, 9.17) is 9.47 Å². The summed E-state index contributed by atoms with van der Waals surface area (Å²) in [6, 6.07) is 10.2. The lowest BCUT2D eigenvalue weighted by Gasteiger charge is -2.13. The molecule has 0 spiro atoms. The third kappa shape index (κ3) is 3.70. The lowest BCUT2D eigenvalue weighted by Crippen LogP contribution is -2.37. The first kappa shape index (κ1) is 19.1. The molecule has 11 heteroatoms. The number of carbonyl (C=O) groups is 3.